The largest absolute Gasteiger partial charge is 0.392 e. The van der Waals surface area contributed by atoms with Gasteiger partial charge in [0.2, 0.25) is 0 Å². The summed E-state index contributed by atoms with van der Waals surface area (Å²) >= 11 is 0. The molecule has 0 aliphatic carbocycles. The smallest absolute Gasteiger partial charge is 0.0827 e. The van der Waals surface area contributed by atoms with E-state index in [9.17, 15) is 0 Å². The van der Waals surface area contributed by atoms with E-state index in [0.29, 0.717) is 5.70 Å². The first kappa shape index (κ1) is 9.84. The van der Waals surface area contributed by atoms with Crippen molar-refractivity contribution in [3.63, 3.8) is 0 Å². The van der Waals surface area contributed by atoms with Crippen LogP contribution in [0.25, 0.3) is 0 Å². The van der Waals surface area contributed by atoms with Gasteiger partial charge in [-0.15, -0.1) is 6.42 Å². The quantitative estimate of drug-likeness (QED) is 0.483. The number of allylic oxidation sites excluding steroid dienone is 4. The minimum atomic E-state index is 0.506. The molecule has 0 fully saturated rings. The zero-order valence-corrected chi connectivity index (χ0v) is 7.22. The SMILES string of the molecule is C#C/C(N)=C\C(=C/CC)CC. The highest BCUT2D eigenvalue weighted by Gasteiger charge is 1.88. The van der Waals surface area contributed by atoms with Gasteiger partial charge in [-0.1, -0.05) is 25.8 Å². The third kappa shape index (κ3) is 4.27. The maximum absolute atomic E-state index is 5.46. The van der Waals surface area contributed by atoms with Crippen molar-refractivity contribution in [3.05, 3.63) is 23.4 Å². The van der Waals surface area contributed by atoms with E-state index in [1.807, 2.05) is 6.08 Å². The third-order valence-electron chi connectivity index (χ3n) is 1.38. The molecule has 0 bridgehead atoms. The highest BCUT2D eigenvalue weighted by Crippen LogP contribution is 2.04. The van der Waals surface area contributed by atoms with Crippen molar-refractivity contribution in [2.24, 2.45) is 5.73 Å². The fourth-order valence-electron chi connectivity index (χ4n) is 0.809. The minimum Gasteiger partial charge on any atom is -0.392 e. The van der Waals surface area contributed by atoms with Crippen LogP contribution in [-0.2, 0) is 0 Å². The van der Waals surface area contributed by atoms with Gasteiger partial charge in [-0.05, 0) is 24.5 Å². The average Bonchev–Trinajstić information content (AvgIpc) is 2.03. The highest BCUT2D eigenvalue weighted by atomic mass is 14.5. The van der Waals surface area contributed by atoms with Crippen molar-refractivity contribution in [2.45, 2.75) is 26.7 Å². The van der Waals surface area contributed by atoms with Crippen molar-refractivity contribution in [3.8, 4) is 12.3 Å². The van der Waals surface area contributed by atoms with Gasteiger partial charge in [0.1, 0.15) is 0 Å². The molecule has 0 saturated heterocycles. The van der Waals surface area contributed by atoms with Crippen LogP contribution in [0.1, 0.15) is 26.7 Å². The Morgan fingerprint density at radius 2 is 2.18 bits per heavy atom. The van der Waals surface area contributed by atoms with E-state index in [1.54, 1.807) is 0 Å². The zero-order chi connectivity index (χ0) is 8.69. The molecular formula is C10H15N. The van der Waals surface area contributed by atoms with E-state index in [2.05, 4.69) is 25.8 Å². The Morgan fingerprint density at radius 1 is 1.55 bits per heavy atom. The Morgan fingerprint density at radius 3 is 2.55 bits per heavy atom. The van der Waals surface area contributed by atoms with Gasteiger partial charge in [0, 0.05) is 0 Å². The zero-order valence-electron chi connectivity index (χ0n) is 7.22. The lowest BCUT2D eigenvalue weighted by molar-refractivity contribution is 1.09. The van der Waals surface area contributed by atoms with Crippen LogP contribution < -0.4 is 5.73 Å². The molecule has 0 heterocycles. The summed E-state index contributed by atoms with van der Waals surface area (Å²) in [7, 11) is 0. The molecule has 0 spiro atoms. The molecule has 0 rings (SSSR count). The summed E-state index contributed by atoms with van der Waals surface area (Å²) in [5.74, 6) is 2.39. The average molecular weight is 149 g/mol. The van der Waals surface area contributed by atoms with E-state index in [-0.39, 0.29) is 0 Å². The molecule has 60 valence electrons. The standard InChI is InChI=1S/C10H15N/c1-4-7-9(5-2)8-10(11)6-3/h3,7-8H,4-5,11H2,1-2H3/b9-7-,10-8+. The highest BCUT2D eigenvalue weighted by molar-refractivity contribution is 5.31. The first-order valence-corrected chi connectivity index (χ1v) is 3.87. The van der Waals surface area contributed by atoms with Gasteiger partial charge in [0.15, 0.2) is 0 Å². The van der Waals surface area contributed by atoms with Crippen molar-refractivity contribution in [1.29, 1.82) is 0 Å². The predicted molar refractivity (Wildman–Crippen MR) is 49.8 cm³/mol. The fraction of sp³-hybridized carbons (Fsp3) is 0.400. The monoisotopic (exact) mass is 149 g/mol. The van der Waals surface area contributed by atoms with Gasteiger partial charge in [-0.3, -0.25) is 0 Å². The molecule has 0 aliphatic rings. The number of rotatable bonds is 3. The van der Waals surface area contributed by atoms with Gasteiger partial charge in [-0.2, -0.15) is 0 Å². The third-order valence-corrected chi connectivity index (χ3v) is 1.38. The van der Waals surface area contributed by atoms with Crippen LogP contribution in [0.4, 0.5) is 0 Å². The van der Waals surface area contributed by atoms with Crippen molar-refractivity contribution in [1.82, 2.24) is 0 Å². The van der Waals surface area contributed by atoms with Crippen LogP contribution in [0, 0.1) is 12.3 Å². The summed E-state index contributed by atoms with van der Waals surface area (Å²) in [4.78, 5) is 0. The Kier molecular flexibility index (Phi) is 5.02. The second-order valence-electron chi connectivity index (χ2n) is 2.28. The number of hydrogen-bond donors (Lipinski definition) is 1. The summed E-state index contributed by atoms with van der Waals surface area (Å²) in [6.45, 7) is 4.18. The van der Waals surface area contributed by atoms with Crippen molar-refractivity contribution < 1.29 is 0 Å². The van der Waals surface area contributed by atoms with Crippen LogP contribution >= 0.6 is 0 Å². The molecule has 0 unspecified atom stereocenters. The summed E-state index contributed by atoms with van der Waals surface area (Å²) < 4.78 is 0. The molecule has 1 heteroatoms. The van der Waals surface area contributed by atoms with E-state index in [4.69, 9.17) is 12.2 Å². The van der Waals surface area contributed by atoms with Crippen molar-refractivity contribution >= 4 is 0 Å². The Hall–Kier alpha value is -1.16. The molecule has 0 amide bonds. The molecule has 0 aromatic heterocycles. The van der Waals surface area contributed by atoms with Gasteiger partial charge in [0.25, 0.3) is 0 Å². The molecule has 0 saturated carbocycles. The van der Waals surface area contributed by atoms with Crippen LogP contribution in [-0.4, -0.2) is 0 Å². The number of hydrogen-bond acceptors (Lipinski definition) is 1. The Labute approximate surface area is 69.0 Å². The molecule has 0 atom stereocenters. The predicted octanol–water partition coefficient (Wildman–Crippen LogP) is 2.21. The Bertz CT molecular complexity index is 203. The maximum Gasteiger partial charge on any atom is 0.0827 e. The van der Waals surface area contributed by atoms with E-state index in [1.165, 1.54) is 5.57 Å². The first-order valence-electron chi connectivity index (χ1n) is 3.87. The Balaban J connectivity index is 4.32. The summed E-state index contributed by atoms with van der Waals surface area (Å²) in [6.07, 6.45) is 11.1. The molecule has 2 N–H and O–H groups in total. The molecule has 0 aromatic rings. The lowest BCUT2D eigenvalue weighted by Gasteiger charge is -1.96. The van der Waals surface area contributed by atoms with Gasteiger partial charge >= 0.3 is 0 Å². The summed E-state index contributed by atoms with van der Waals surface area (Å²) in [5, 5.41) is 0. The maximum atomic E-state index is 5.46. The number of terminal acetylenes is 1. The van der Waals surface area contributed by atoms with Gasteiger partial charge < -0.3 is 5.73 Å². The van der Waals surface area contributed by atoms with Crippen LogP contribution in [0.5, 0.6) is 0 Å². The second kappa shape index (κ2) is 5.61. The molecule has 1 nitrogen and oxygen atoms in total. The van der Waals surface area contributed by atoms with E-state index in [0.717, 1.165) is 12.8 Å². The topological polar surface area (TPSA) is 26.0 Å². The molecule has 0 aromatic carbocycles. The molecular weight excluding hydrogens is 134 g/mol. The number of nitrogens with two attached hydrogens (primary N) is 1. The lowest BCUT2D eigenvalue weighted by Crippen LogP contribution is -1.93. The van der Waals surface area contributed by atoms with Gasteiger partial charge in [-0.25, -0.2) is 0 Å². The summed E-state index contributed by atoms with van der Waals surface area (Å²) in [5.41, 5.74) is 7.18. The molecule has 11 heavy (non-hydrogen) atoms. The fourth-order valence-corrected chi connectivity index (χ4v) is 0.809. The van der Waals surface area contributed by atoms with E-state index >= 15 is 0 Å². The van der Waals surface area contributed by atoms with Crippen molar-refractivity contribution in [2.75, 3.05) is 0 Å². The first-order chi connectivity index (χ1) is 5.24. The van der Waals surface area contributed by atoms with Gasteiger partial charge in [0.05, 0.1) is 5.70 Å². The van der Waals surface area contributed by atoms with Crippen LogP contribution in [0.3, 0.4) is 0 Å². The molecule has 0 aliphatic heterocycles. The second-order valence-corrected chi connectivity index (χ2v) is 2.28. The lowest BCUT2D eigenvalue weighted by atomic mass is 10.1. The molecule has 0 radical (unpaired) electrons. The minimum absolute atomic E-state index is 0.506. The van der Waals surface area contributed by atoms with E-state index < -0.39 is 0 Å². The van der Waals surface area contributed by atoms with Crippen LogP contribution in [0.15, 0.2) is 23.4 Å². The normalized spacial score (nSPS) is 12.8. The summed E-state index contributed by atoms with van der Waals surface area (Å²) in [6, 6.07) is 0. The van der Waals surface area contributed by atoms with Crippen LogP contribution in [0.2, 0.25) is 0 Å².